The third-order valence-corrected chi connectivity index (χ3v) is 1.77. The normalized spacial score (nSPS) is 17.5. The van der Waals surface area contributed by atoms with E-state index in [4.69, 9.17) is 0 Å². The van der Waals surface area contributed by atoms with E-state index in [0.29, 0.717) is 12.5 Å². The maximum atomic E-state index is 10.6. The van der Waals surface area contributed by atoms with Crippen LogP contribution in [0.25, 0.3) is 0 Å². The molecule has 1 rings (SSSR count). The molecule has 64 valence electrons. The molecule has 2 N–H and O–H groups in total. The molecule has 0 aromatic heterocycles. The maximum Gasteiger partial charge on any atom is 0.306 e. The van der Waals surface area contributed by atoms with Crippen LogP contribution in [0, 0.1) is 0 Å². The molecule has 4 heteroatoms. The number of esters is 1. The average Bonchev–Trinajstić information content (AvgIpc) is 1.94. The smallest absolute Gasteiger partial charge is 0.306 e. The fourth-order valence-corrected chi connectivity index (χ4v) is 0.913. The molecule has 11 heavy (non-hydrogen) atoms. The number of carbonyl (C=O) groups is 1. The molecule has 0 amide bonds. The molecule has 4 nitrogen and oxygen atoms in total. The fourth-order valence-electron chi connectivity index (χ4n) is 0.913. The van der Waals surface area contributed by atoms with Crippen LogP contribution in [0.15, 0.2) is 0 Å². The molecule has 1 fully saturated rings. The highest BCUT2D eigenvalue weighted by Gasteiger charge is 2.15. The van der Waals surface area contributed by atoms with Gasteiger partial charge in [-0.25, -0.2) is 0 Å². The summed E-state index contributed by atoms with van der Waals surface area (Å²) in [6, 6.07) is 0.555. The SMILES string of the molecule is COC(=O)CCNC1CNC1. The van der Waals surface area contributed by atoms with E-state index in [1.807, 2.05) is 0 Å². The third-order valence-electron chi connectivity index (χ3n) is 1.77. The second kappa shape index (κ2) is 4.31. The molecule has 0 aromatic carbocycles. The van der Waals surface area contributed by atoms with E-state index < -0.39 is 0 Å². The van der Waals surface area contributed by atoms with Gasteiger partial charge in [-0.05, 0) is 0 Å². The zero-order chi connectivity index (χ0) is 8.10. The van der Waals surface area contributed by atoms with Crippen LogP contribution < -0.4 is 10.6 Å². The summed E-state index contributed by atoms with van der Waals surface area (Å²) in [5.41, 5.74) is 0. The quantitative estimate of drug-likeness (QED) is 0.521. The molecular weight excluding hydrogens is 144 g/mol. The second-order valence-electron chi connectivity index (χ2n) is 2.64. The number of hydrogen-bond donors (Lipinski definition) is 2. The highest BCUT2D eigenvalue weighted by atomic mass is 16.5. The molecule has 0 saturated carbocycles. The van der Waals surface area contributed by atoms with E-state index in [-0.39, 0.29) is 5.97 Å². The van der Waals surface area contributed by atoms with Gasteiger partial charge in [-0.3, -0.25) is 4.79 Å². The van der Waals surface area contributed by atoms with Crippen LogP contribution in [0.1, 0.15) is 6.42 Å². The number of methoxy groups -OCH3 is 1. The molecule has 0 aliphatic carbocycles. The fraction of sp³-hybridized carbons (Fsp3) is 0.857. The number of nitrogens with one attached hydrogen (secondary N) is 2. The van der Waals surface area contributed by atoms with Crippen molar-refractivity contribution in [3.63, 3.8) is 0 Å². The average molecular weight is 158 g/mol. The molecule has 0 atom stereocenters. The molecular formula is C7H14N2O2. The first-order chi connectivity index (χ1) is 5.33. The first-order valence-corrected chi connectivity index (χ1v) is 3.84. The van der Waals surface area contributed by atoms with Crippen molar-refractivity contribution in [2.24, 2.45) is 0 Å². The van der Waals surface area contributed by atoms with Crippen molar-refractivity contribution < 1.29 is 9.53 Å². The molecule has 1 saturated heterocycles. The Labute approximate surface area is 66.3 Å². The van der Waals surface area contributed by atoms with Crippen LogP contribution in [0.2, 0.25) is 0 Å². The summed E-state index contributed by atoms with van der Waals surface area (Å²) < 4.78 is 4.49. The van der Waals surface area contributed by atoms with Gasteiger partial charge in [0.05, 0.1) is 13.5 Å². The second-order valence-corrected chi connectivity index (χ2v) is 2.64. The molecule has 1 aliphatic rings. The standard InChI is InChI=1S/C7H14N2O2/c1-11-7(10)2-3-9-6-4-8-5-6/h6,8-9H,2-5H2,1H3. The van der Waals surface area contributed by atoms with Crippen LogP contribution in [0.5, 0.6) is 0 Å². The Balaban J connectivity index is 1.90. The zero-order valence-electron chi connectivity index (χ0n) is 6.72. The minimum atomic E-state index is -0.148. The number of hydrogen-bond acceptors (Lipinski definition) is 4. The monoisotopic (exact) mass is 158 g/mol. The van der Waals surface area contributed by atoms with Gasteiger partial charge in [0.25, 0.3) is 0 Å². The largest absolute Gasteiger partial charge is 0.469 e. The molecule has 0 aromatic rings. The molecule has 1 aliphatic heterocycles. The van der Waals surface area contributed by atoms with Crippen molar-refractivity contribution in [2.75, 3.05) is 26.7 Å². The maximum absolute atomic E-state index is 10.6. The first kappa shape index (κ1) is 8.49. The summed E-state index contributed by atoms with van der Waals surface area (Å²) in [4.78, 5) is 10.6. The molecule has 0 unspecified atom stereocenters. The molecule has 1 heterocycles. The lowest BCUT2D eigenvalue weighted by atomic mass is 10.2. The van der Waals surface area contributed by atoms with Gasteiger partial charge in [-0.1, -0.05) is 0 Å². The Kier molecular flexibility index (Phi) is 3.32. The summed E-state index contributed by atoms with van der Waals surface area (Å²) in [6.45, 7) is 2.75. The van der Waals surface area contributed by atoms with E-state index in [9.17, 15) is 4.79 Å². The van der Waals surface area contributed by atoms with Crippen LogP contribution in [0.4, 0.5) is 0 Å². The van der Waals surface area contributed by atoms with E-state index in [0.717, 1.165) is 19.6 Å². The lowest BCUT2D eigenvalue weighted by Crippen LogP contribution is -2.55. The first-order valence-electron chi connectivity index (χ1n) is 3.84. The van der Waals surface area contributed by atoms with E-state index in [1.54, 1.807) is 0 Å². The molecule has 0 spiro atoms. The highest BCUT2D eigenvalue weighted by molar-refractivity contribution is 5.69. The lowest BCUT2D eigenvalue weighted by Gasteiger charge is -2.27. The highest BCUT2D eigenvalue weighted by Crippen LogP contribution is 1.90. The summed E-state index contributed by atoms with van der Waals surface area (Å²) >= 11 is 0. The Morgan fingerprint density at radius 1 is 1.73 bits per heavy atom. The number of ether oxygens (including phenoxy) is 1. The van der Waals surface area contributed by atoms with Gasteiger partial charge < -0.3 is 15.4 Å². The van der Waals surface area contributed by atoms with Gasteiger partial charge in [0.2, 0.25) is 0 Å². The van der Waals surface area contributed by atoms with Crippen LogP contribution >= 0.6 is 0 Å². The van der Waals surface area contributed by atoms with Crippen LogP contribution in [-0.2, 0) is 9.53 Å². The molecule has 0 bridgehead atoms. The van der Waals surface area contributed by atoms with Crippen molar-refractivity contribution in [1.82, 2.24) is 10.6 Å². The van der Waals surface area contributed by atoms with Gasteiger partial charge in [-0.2, -0.15) is 0 Å². The predicted molar refractivity (Wildman–Crippen MR) is 41.3 cm³/mol. The zero-order valence-corrected chi connectivity index (χ0v) is 6.72. The summed E-state index contributed by atoms with van der Waals surface area (Å²) in [6.07, 6.45) is 0.465. The van der Waals surface area contributed by atoms with Crippen molar-refractivity contribution in [3.8, 4) is 0 Å². The number of rotatable bonds is 4. The minimum Gasteiger partial charge on any atom is -0.469 e. The van der Waals surface area contributed by atoms with Gasteiger partial charge in [-0.15, -0.1) is 0 Å². The Bertz CT molecular complexity index is 134. The van der Waals surface area contributed by atoms with E-state index in [2.05, 4.69) is 15.4 Å². The lowest BCUT2D eigenvalue weighted by molar-refractivity contribution is -0.140. The van der Waals surface area contributed by atoms with Gasteiger partial charge in [0, 0.05) is 25.7 Å². The summed E-state index contributed by atoms with van der Waals surface area (Å²) in [5.74, 6) is -0.148. The third kappa shape index (κ3) is 2.86. The van der Waals surface area contributed by atoms with E-state index >= 15 is 0 Å². The van der Waals surface area contributed by atoms with Crippen LogP contribution in [0.3, 0.4) is 0 Å². The van der Waals surface area contributed by atoms with E-state index in [1.165, 1.54) is 7.11 Å². The summed E-state index contributed by atoms with van der Waals surface area (Å²) in [7, 11) is 1.41. The summed E-state index contributed by atoms with van der Waals surface area (Å²) in [5, 5.41) is 6.36. The number of carbonyl (C=O) groups excluding carboxylic acids is 1. The van der Waals surface area contributed by atoms with Gasteiger partial charge >= 0.3 is 5.97 Å². The Hall–Kier alpha value is -0.610. The van der Waals surface area contributed by atoms with Crippen molar-refractivity contribution in [1.29, 1.82) is 0 Å². The van der Waals surface area contributed by atoms with Gasteiger partial charge in [0.1, 0.15) is 0 Å². The Morgan fingerprint density at radius 3 is 2.91 bits per heavy atom. The predicted octanol–water partition coefficient (Wildman–Crippen LogP) is -0.889. The Morgan fingerprint density at radius 2 is 2.45 bits per heavy atom. The van der Waals surface area contributed by atoms with Crippen molar-refractivity contribution in [2.45, 2.75) is 12.5 Å². The van der Waals surface area contributed by atoms with Gasteiger partial charge in [0.15, 0.2) is 0 Å². The van der Waals surface area contributed by atoms with Crippen molar-refractivity contribution in [3.05, 3.63) is 0 Å². The van der Waals surface area contributed by atoms with Crippen LogP contribution in [-0.4, -0.2) is 38.8 Å². The van der Waals surface area contributed by atoms with Crippen molar-refractivity contribution >= 4 is 5.97 Å². The minimum absolute atomic E-state index is 0.148. The topological polar surface area (TPSA) is 50.4 Å². The molecule has 0 radical (unpaired) electrons.